The van der Waals surface area contributed by atoms with Crippen LogP contribution in [-0.4, -0.2) is 58.5 Å². The van der Waals surface area contributed by atoms with Gasteiger partial charge in [0.05, 0.1) is 6.61 Å². The second-order valence-electron chi connectivity index (χ2n) is 3.55. The average molecular weight is 235 g/mol. The normalized spacial score (nSPS) is 12.9. The highest BCUT2D eigenvalue weighted by Gasteiger charge is 1.98. The number of aliphatic hydroxyl groups is 1. The van der Waals surface area contributed by atoms with Gasteiger partial charge in [-0.05, 0) is 26.3 Å². The summed E-state index contributed by atoms with van der Waals surface area (Å²) < 4.78 is 15.5. The van der Waals surface area contributed by atoms with E-state index in [1.165, 1.54) is 0 Å². The SMILES string of the molecule is CNC(O)COCCCCOCCCOC. The van der Waals surface area contributed by atoms with Gasteiger partial charge < -0.3 is 19.3 Å². The molecule has 0 aliphatic rings. The Labute approximate surface area is 98.1 Å². The number of ether oxygens (including phenoxy) is 3. The van der Waals surface area contributed by atoms with Gasteiger partial charge in [0.25, 0.3) is 0 Å². The minimum Gasteiger partial charge on any atom is -0.385 e. The lowest BCUT2D eigenvalue weighted by Gasteiger charge is -2.09. The van der Waals surface area contributed by atoms with Crippen LogP contribution < -0.4 is 5.32 Å². The Morgan fingerprint density at radius 1 is 1.00 bits per heavy atom. The van der Waals surface area contributed by atoms with E-state index >= 15 is 0 Å². The van der Waals surface area contributed by atoms with Crippen molar-refractivity contribution in [2.75, 3.05) is 47.2 Å². The maximum Gasteiger partial charge on any atom is 0.128 e. The fourth-order valence-corrected chi connectivity index (χ4v) is 1.09. The summed E-state index contributed by atoms with van der Waals surface area (Å²) in [6, 6.07) is 0. The highest BCUT2D eigenvalue weighted by Crippen LogP contribution is 1.93. The van der Waals surface area contributed by atoms with Crippen molar-refractivity contribution in [3.8, 4) is 0 Å². The topological polar surface area (TPSA) is 60.0 Å². The van der Waals surface area contributed by atoms with Gasteiger partial charge in [-0.1, -0.05) is 0 Å². The van der Waals surface area contributed by atoms with Crippen molar-refractivity contribution in [3.63, 3.8) is 0 Å². The molecular formula is C11H25NO4. The van der Waals surface area contributed by atoms with Crippen LogP contribution in [0.25, 0.3) is 0 Å². The first-order chi connectivity index (χ1) is 7.81. The van der Waals surface area contributed by atoms with Crippen LogP contribution in [0.2, 0.25) is 0 Å². The van der Waals surface area contributed by atoms with Crippen molar-refractivity contribution in [1.29, 1.82) is 0 Å². The van der Waals surface area contributed by atoms with Gasteiger partial charge in [0.15, 0.2) is 0 Å². The molecule has 2 N–H and O–H groups in total. The molecule has 16 heavy (non-hydrogen) atoms. The molecule has 0 rings (SSSR count). The lowest BCUT2D eigenvalue weighted by molar-refractivity contribution is 0.0191. The predicted molar refractivity (Wildman–Crippen MR) is 62.4 cm³/mol. The van der Waals surface area contributed by atoms with Crippen LogP contribution in [0.5, 0.6) is 0 Å². The number of unbranched alkanes of at least 4 members (excludes halogenated alkanes) is 1. The van der Waals surface area contributed by atoms with Crippen LogP contribution in [0.3, 0.4) is 0 Å². The van der Waals surface area contributed by atoms with Crippen LogP contribution in [-0.2, 0) is 14.2 Å². The molecule has 0 saturated carbocycles. The Bertz CT molecular complexity index is 135. The zero-order valence-corrected chi connectivity index (χ0v) is 10.4. The third kappa shape index (κ3) is 11.9. The number of methoxy groups -OCH3 is 1. The standard InChI is InChI=1S/C11H25NO4/c1-12-11(13)10-16-8-4-3-7-15-9-5-6-14-2/h11-13H,3-10H2,1-2H3. The van der Waals surface area contributed by atoms with Gasteiger partial charge >= 0.3 is 0 Å². The Kier molecular flexibility index (Phi) is 12.7. The molecule has 0 aromatic rings. The molecular weight excluding hydrogens is 210 g/mol. The molecule has 1 unspecified atom stereocenters. The van der Waals surface area contributed by atoms with Crippen molar-refractivity contribution in [2.45, 2.75) is 25.5 Å². The van der Waals surface area contributed by atoms with Gasteiger partial charge in [0, 0.05) is 33.5 Å². The molecule has 0 aliphatic carbocycles. The molecule has 0 heterocycles. The van der Waals surface area contributed by atoms with Gasteiger partial charge in [-0.3, -0.25) is 5.32 Å². The van der Waals surface area contributed by atoms with Crippen LogP contribution >= 0.6 is 0 Å². The molecule has 0 amide bonds. The quantitative estimate of drug-likeness (QED) is 0.378. The van der Waals surface area contributed by atoms with Crippen molar-refractivity contribution < 1.29 is 19.3 Å². The van der Waals surface area contributed by atoms with Crippen molar-refractivity contribution in [2.24, 2.45) is 0 Å². The maximum atomic E-state index is 9.11. The Hall–Kier alpha value is -0.200. The summed E-state index contributed by atoms with van der Waals surface area (Å²) in [5, 5.41) is 11.8. The minimum absolute atomic E-state index is 0.338. The molecule has 0 spiro atoms. The van der Waals surface area contributed by atoms with Crippen LogP contribution in [0.4, 0.5) is 0 Å². The molecule has 0 aliphatic heterocycles. The summed E-state index contributed by atoms with van der Waals surface area (Å²) in [6.45, 7) is 3.28. The second-order valence-corrected chi connectivity index (χ2v) is 3.55. The van der Waals surface area contributed by atoms with E-state index in [0.717, 1.165) is 39.1 Å². The number of nitrogens with one attached hydrogen (secondary N) is 1. The Morgan fingerprint density at radius 2 is 1.62 bits per heavy atom. The van der Waals surface area contributed by atoms with Gasteiger partial charge in [-0.15, -0.1) is 0 Å². The van der Waals surface area contributed by atoms with E-state index in [4.69, 9.17) is 19.3 Å². The van der Waals surface area contributed by atoms with E-state index in [2.05, 4.69) is 5.32 Å². The van der Waals surface area contributed by atoms with E-state index in [1.54, 1.807) is 14.2 Å². The van der Waals surface area contributed by atoms with Crippen LogP contribution in [0, 0.1) is 0 Å². The molecule has 1 atom stereocenters. The fourth-order valence-electron chi connectivity index (χ4n) is 1.09. The largest absolute Gasteiger partial charge is 0.385 e. The van der Waals surface area contributed by atoms with Crippen LogP contribution in [0.15, 0.2) is 0 Å². The van der Waals surface area contributed by atoms with Gasteiger partial charge in [0.2, 0.25) is 0 Å². The highest BCUT2D eigenvalue weighted by molar-refractivity contribution is 4.45. The smallest absolute Gasteiger partial charge is 0.128 e. The summed E-state index contributed by atoms with van der Waals surface area (Å²) in [5.41, 5.74) is 0. The maximum absolute atomic E-state index is 9.11. The second kappa shape index (κ2) is 12.9. The van der Waals surface area contributed by atoms with Gasteiger partial charge in [0.1, 0.15) is 6.23 Å². The zero-order valence-electron chi connectivity index (χ0n) is 10.4. The summed E-state index contributed by atoms with van der Waals surface area (Å²) in [6.07, 6.45) is 2.33. The Morgan fingerprint density at radius 3 is 2.25 bits per heavy atom. The molecule has 0 radical (unpaired) electrons. The molecule has 0 bridgehead atoms. The van der Waals surface area contributed by atoms with Crippen molar-refractivity contribution in [3.05, 3.63) is 0 Å². The Balaban J connectivity index is 2.93. The van der Waals surface area contributed by atoms with Crippen LogP contribution in [0.1, 0.15) is 19.3 Å². The monoisotopic (exact) mass is 235 g/mol. The molecule has 5 heteroatoms. The third-order valence-electron chi connectivity index (χ3n) is 2.07. The number of hydrogen-bond acceptors (Lipinski definition) is 5. The van der Waals surface area contributed by atoms with E-state index in [1.807, 2.05) is 0 Å². The lowest BCUT2D eigenvalue weighted by atomic mass is 10.3. The first-order valence-corrected chi connectivity index (χ1v) is 5.81. The number of aliphatic hydroxyl groups excluding tert-OH is 1. The lowest BCUT2D eigenvalue weighted by Crippen LogP contribution is -2.29. The molecule has 0 aromatic carbocycles. The van der Waals surface area contributed by atoms with Crippen molar-refractivity contribution >= 4 is 0 Å². The predicted octanol–water partition coefficient (Wildman–Crippen LogP) is 0.374. The molecule has 0 saturated heterocycles. The zero-order chi connectivity index (χ0) is 12.1. The van der Waals surface area contributed by atoms with E-state index in [0.29, 0.717) is 13.2 Å². The van der Waals surface area contributed by atoms with E-state index in [-0.39, 0.29) is 0 Å². The summed E-state index contributed by atoms with van der Waals surface area (Å²) in [5.74, 6) is 0. The third-order valence-corrected chi connectivity index (χ3v) is 2.07. The first-order valence-electron chi connectivity index (χ1n) is 5.81. The molecule has 0 fully saturated rings. The molecule has 98 valence electrons. The minimum atomic E-state index is -0.565. The molecule has 0 aromatic heterocycles. The first kappa shape index (κ1) is 15.8. The summed E-state index contributed by atoms with van der Waals surface area (Å²) in [4.78, 5) is 0. The number of rotatable bonds is 12. The van der Waals surface area contributed by atoms with E-state index in [9.17, 15) is 0 Å². The summed E-state index contributed by atoms with van der Waals surface area (Å²) >= 11 is 0. The van der Waals surface area contributed by atoms with E-state index < -0.39 is 6.23 Å². The highest BCUT2D eigenvalue weighted by atomic mass is 16.5. The number of likely N-dealkylation sites (N-methyl/N-ethyl adjacent to an activating group) is 1. The number of hydrogen-bond donors (Lipinski definition) is 2. The average Bonchev–Trinajstić information content (AvgIpc) is 2.31. The van der Waals surface area contributed by atoms with Gasteiger partial charge in [-0.2, -0.15) is 0 Å². The van der Waals surface area contributed by atoms with Gasteiger partial charge in [-0.25, -0.2) is 0 Å². The van der Waals surface area contributed by atoms with Crippen molar-refractivity contribution in [1.82, 2.24) is 5.32 Å². The fraction of sp³-hybridized carbons (Fsp3) is 1.00. The molecule has 5 nitrogen and oxygen atoms in total. The summed E-state index contributed by atoms with van der Waals surface area (Å²) in [7, 11) is 3.39.